The lowest BCUT2D eigenvalue weighted by Gasteiger charge is -2.26. The van der Waals surface area contributed by atoms with E-state index in [1.807, 2.05) is 82.6 Å². The van der Waals surface area contributed by atoms with Gasteiger partial charge in [-0.3, -0.25) is 14.4 Å². The van der Waals surface area contributed by atoms with Gasteiger partial charge in [0.15, 0.2) is 0 Å². The van der Waals surface area contributed by atoms with E-state index in [0.29, 0.717) is 31.5 Å². The number of nitrogens with one attached hydrogen (secondary N) is 3. The van der Waals surface area contributed by atoms with Crippen LogP contribution in [0.2, 0.25) is 0 Å². The maximum atomic E-state index is 13.6. The lowest BCUT2D eigenvalue weighted by Crippen LogP contribution is -2.58. The van der Waals surface area contributed by atoms with Gasteiger partial charge < -0.3 is 31.0 Å². The highest BCUT2D eigenvalue weighted by molar-refractivity contribution is 5.94. The Bertz CT molecular complexity index is 1180. The molecule has 0 spiro atoms. The number of nitrogens with zero attached hydrogens (tertiary/aromatic N) is 2. The first-order valence-corrected chi connectivity index (χ1v) is 15.1. The van der Waals surface area contributed by atoms with Crippen LogP contribution in [0.4, 0.5) is 0 Å². The number of ether oxygens (including phenoxy) is 1. The fourth-order valence-corrected chi connectivity index (χ4v) is 4.78. The fourth-order valence-electron chi connectivity index (χ4n) is 4.78. The normalized spacial score (nSPS) is 14.2. The highest BCUT2D eigenvalue weighted by Crippen LogP contribution is 2.12. The molecule has 11 heteroatoms. The third kappa shape index (κ3) is 12.6. The van der Waals surface area contributed by atoms with Crippen LogP contribution in [0.15, 0.2) is 42.9 Å². The Balaban J connectivity index is 2.30. The van der Waals surface area contributed by atoms with Crippen molar-refractivity contribution >= 4 is 23.7 Å². The molecule has 0 saturated heterocycles. The van der Waals surface area contributed by atoms with Gasteiger partial charge >= 0.3 is 5.97 Å². The van der Waals surface area contributed by atoms with Crippen molar-refractivity contribution in [2.75, 3.05) is 7.11 Å². The van der Waals surface area contributed by atoms with Crippen LogP contribution in [0.5, 0.6) is 0 Å². The summed E-state index contributed by atoms with van der Waals surface area (Å²) in [6.07, 6.45) is 4.76. The van der Waals surface area contributed by atoms with Gasteiger partial charge in [0.25, 0.3) is 0 Å². The predicted octanol–water partition coefficient (Wildman–Crippen LogP) is 2.57. The molecule has 0 bridgehead atoms. The first kappa shape index (κ1) is 35.5. The van der Waals surface area contributed by atoms with Crippen molar-refractivity contribution in [2.24, 2.45) is 23.5 Å². The fraction of sp³-hybridized carbons (Fsp3) is 0.594. The first-order chi connectivity index (χ1) is 20.3. The second kappa shape index (κ2) is 17.4. The molecular weight excluding hydrogens is 548 g/mol. The Morgan fingerprint density at radius 1 is 0.791 bits per heavy atom. The molecular formula is C32H50N6O5. The number of methoxy groups -OCH3 is 1. The summed E-state index contributed by atoms with van der Waals surface area (Å²) in [5.41, 5.74) is 7.75. The second-order valence-corrected chi connectivity index (χ2v) is 12.4. The zero-order valence-corrected chi connectivity index (χ0v) is 26.6. The molecule has 0 saturated carbocycles. The van der Waals surface area contributed by atoms with E-state index in [1.165, 1.54) is 7.11 Å². The molecule has 5 N–H and O–H groups in total. The lowest BCUT2D eigenvalue weighted by atomic mass is 9.99. The molecule has 2 aromatic rings. The molecule has 1 aromatic heterocycles. The topological polar surface area (TPSA) is 157 Å². The molecule has 2 rings (SSSR count). The van der Waals surface area contributed by atoms with E-state index in [0.717, 1.165) is 5.56 Å². The van der Waals surface area contributed by atoms with E-state index in [1.54, 1.807) is 6.33 Å². The standard InChI is InChI=1S/C32H50N6O5/c1-20(2)13-25(33)29(39)35-26(14-21(3)4)30(40)36-27(31(41)37-28(15-22(5)6)32(42)43-7)16-24-18-38(19-34-24)17-23-11-9-8-10-12-23/h8-12,18-22,25-28H,13-17,33H2,1-7H3,(H,35,39)(H,36,40)(H,37,41)/t25-,26-,27-,28-/m0/s1. The highest BCUT2D eigenvalue weighted by atomic mass is 16.5. The van der Waals surface area contributed by atoms with Gasteiger partial charge in [-0.15, -0.1) is 0 Å². The summed E-state index contributed by atoms with van der Waals surface area (Å²) in [5, 5.41) is 8.37. The Morgan fingerprint density at radius 2 is 1.33 bits per heavy atom. The van der Waals surface area contributed by atoms with Crippen molar-refractivity contribution < 1.29 is 23.9 Å². The zero-order valence-electron chi connectivity index (χ0n) is 26.6. The largest absolute Gasteiger partial charge is 0.467 e. The van der Waals surface area contributed by atoms with Crippen LogP contribution in [0.1, 0.15) is 72.1 Å². The van der Waals surface area contributed by atoms with Crippen molar-refractivity contribution in [1.29, 1.82) is 0 Å². The summed E-state index contributed by atoms with van der Waals surface area (Å²) < 4.78 is 6.81. The number of hydrogen-bond acceptors (Lipinski definition) is 7. The molecule has 0 aliphatic rings. The summed E-state index contributed by atoms with van der Waals surface area (Å²) in [6.45, 7) is 12.3. The van der Waals surface area contributed by atoms with Gasteiger partial charge in [-0.2, -0.15) is 0 Å². The molecule has 3 amide bonds. The molecule has 238 valence electrons. The summed E-state index contributed by atoms with van der Waals surface area (Å²) in [7, 11) is 1.27. The molecule has 0 radical (unpaired) electrons. The van der Waals surface area contributed by atoms with E-state index in [4.69, 9.17) is 10.5 Å². The van der Waals surface area contributed by atoms with Crippen LogP contribution in [-0.4, -0.2) is 64.5 Å². The SMILES string of the molecule is COC(=O)[C@H](CC(C)C)NC(=O)[C@H](Cc1cn(Cc2ccccc2)cn1)NC(=O)[C@H](CC(C)C)NC(=O)[C@@H](N)CC(C)C. The molecule has 0 unspecified atom stereocenters. The number of carbonyl (C=O) groups excluding carboxylic acids is 4. The average Bonchev–Trinajstić information content (AvgIpc) is 3.37. The molecule has 0 aliphatic carbocycles. The lowest BCUT2D eigenvalue weighted by molar-refractivity contribution is -0.146. The van der Waals surface area contributed by atoms with Gasteiger partial charge in [0.05, 0.1) is 25.2 Å². The summed E-state index contributed by atoms with van der Waals surface area (Å²) in [6, 6.07) is 6.27. The third-order valence-corrected chi connectivity index (χ3v) is 6.85. The third-order valence-electron chi connectivity index (χ3n) is 6.85. The monoisotopic (exact) mass is 598 g/mol. The molecule has 4 atom stereocenters. The van der Waals surface area contributed by atoms with E-state index in [9.17, 15) is 19.2 Å². The highest BCUT2D eigenvalue weighted by Gasteiger charge is 2.32. The van der Waals surface area contributed by atoms with Gasteiger partial charge in [-0.05, 0) is 42.6 Å². The number of amides is 3. The number of rotatable bonds is 17. The van der Waals surface area contributed by atoms with Crippen LogP contribution < -0.4 is 21.7 Å². The van der Waals surface area contributed by atoms with Gasteiger partial charge in [-0.25, -0.2) is 9.78 Å². The second-order valence-electron chi connectivity index (χ2n) is 12.4. The Hall–Kier alpha value is -3.73. The summed E-state index contributed by atoms with van der Waals surface area (Å²) in [4.78, 5) is 57.0. The predicted molar refractivity (Wildman–Crippen MR) is 166 cm³/mol. The quantitative estimate of drug-likeness (QED) is 0.204. The van der Waals surface area contributed by atoms with Gasteiger partial charge in [0.1, 0.15) is 18.1 Å². The average molecular weight is 599 g/mol. The smallest absolute Gasteiger partial charge is 0.328 e. The Morgan fingerprint density at radius 3 is 1.91 bits per heavy atom. The maximum absolute atomic E-state index is 13.6. The summed E-state index contributed by atoms with van der Waals surface area (Å²) in [5.74, 6) is -1.66. The van der Waals surface area contributed by atoms with E-state index in [-0.39, 0.29) is 24.2 Å². The minimum absolute atomic E-state index is 0.0736. The van der Waals surface area contributed by atoms with Crippen molar-refractivity contribution in [3.05, 3.63) is 54.1 Å². The number of nitrogens with two attached hydrogens (primary N) is 1. The Kier molecular flexibility index (Phi) is 14.4. The van der Waals surface area contributed by atoms with Gasteiger partial charge in [0.2, 0.25) is 17.7 Å². The number of hydrogen-bond donors (Lipinski definition) is 4. The number of imidazole rings is 1. The summed E-state index contributed by atoms with van der Waals surface area (Å²) >= 11 is 0. The number of aromatic nitrogens is 2. The van der Waals surface area contributed by atoms with Gasteiger partial charge in [-0.1, -0.05) is 71.9 Å². The zero-order chi connectivity index (χ0) is 32.1. The molecule has 0 aliphatic heterocycles. The van der Waals surface area contributed by atoms with Crippen molar-refractivity contribution in [1.82, 2.24) is 25.5 Å². The van der Waals surface area contributed by atoms with Crippen molar-refractivity contribution in [2.45, 2.75) is 97.9 Å². The van der Waals surface area contributed by atoms with Crippen LogP contribution in [0, 0.1) is 17.8 Å². The minimum Gasteiger partial charge on any atom is -0.467 e. The van der Waals surface area contributed by atoms with Crippen LogP contribution in [0.25, 0.3) is 0 Å². The molecule has 1 heterocycles. The number of benzene rings is 1. The molecule has 11 nitrogen and oxygen atoms in total. The van der Waals surface area contributed by atoms with Crippen LogP contribution in [-0.2, 0) is 36.9 Å². The first-order valence-electron chi connectivity index (χ1n) is 15.1. The minimum atomic E-state index is -1.07. The van der Waals surface area contributed by atoms with E-state index < -0.39 is 47.9 Å². The molecule has 43 heavy (non-hydrogen) atoms. The number of esters is 1. The van der Waals surface area contributed by atoms with Crippen LogP contribution in [0.3, 0.4) is 0 Å². The van der Waals surface area contributed by atoms with Crippen molar-refractivity contribution in [3.8, 4) is 0 Å². The van der Waals surface area contributed by atoms with Crippen LogP contribution >= 0.6 is 0 Å². The molecule has 1 aromatic carbocycles. The Labute approximate surface area is 255 Å². The van der Waals surface area contributed by atoms with Gasteiger partial charge in [0, 0.05) is 19.2 Å². The molecule has 0 fully saturated rings. The maximum Gasteiger partial charge on any atom is 0.328 e. The van der Waals surface area contributed by atoms with E-state index in [2.05, 4.69) is 20.9 Å². The van der Waals surface area contributed by atoms with E-state index >= 15 is 0 Å². The van der Waals surface area contributed by atoms with Crippen molar-refractivity contribution in [3.63, 3.8) is 0 Å². The number of carbonyl (C=O) groups is 4.